The molecule has 4 unspecified atom stereocenters. The van der Waals surface area contributed by atoms with Gasteiger partial charge in [0.2, 0.25) is 4.69 Å². The molecule has 3 aliphatic rings. The molecule has 3 rings (SSSR count). The Balaban J connectivity index is 1.99. The first kappa shape index (κ1) is 9.38. The van der Waals surface area contributed by atoms with Gasteiger partial charge in [-0.25, -0.2) is 0 Å². The number of hydrogen-bond acceptors (Lipinski definition) is 1. The molecule has 2 heteroatoms. The summed E-state index contributed by atoms with van der Waals surface area (Å²) in [5.74, 6) is 2.57. The lowest BCUT2D eigenvalue weighted by molar-refractivity contribution is -0.128. The van der Waals surface area contributed by atoms with Crippen LogP contribution in [-0.2, 0) is 4.79 Å². The van der Waals surface area contributed by atoms with E-state index in [9.17, 15) is 4.79 Å². The van der Waals surface area contributed by atoms with Gasteiger partial charge in [0, 0.05) is 5.41 Å². The van der Waals surface area contributed by atoms with Crippen molar-refractivity contribution in [3.63, 3.8) is 0 Å². The van der Waals surface area contributed by atoms with Crippen molar-refractivity contribution in [3.8, 4) is 0 Å². The summed E-state index contributed by atoms with van der Waals surface area (Å²) >= 11 is 3.28. The van der Waals surface area contributed by atoms with Gasteiger partial charge in [0.1, 0.15) is 0 Å². The molecule has 0 aromatic carbocycles. The maximum atomic E-state index is 11.8. The predicted molar refractivity (Wildman–Crippen MR) is 59.2 cm³/mol. The largest absolute Gasteiger partial charge is 0.286 e. The molecular weight excluding hydrogens is 240 g/mol. The Morgan fingerprint density at radius 1 is 1.21 bits per heavy atom. The van der Waals surface area contributed by atoms with Gasteiger partial charge in [-0.15, -0.1) is 0 Å². The summed E-state index contributed by atoms with van der Waals surface area (Å²) in [6, 6.07) is 0. The van der Waals surface area contributed by atoms with Crippen LogP contribution < -0.4 is 0 Å². The summed E-state index contributed by atoms with van der Waals surface area (Å²) in [5.41, 5.74) is 0.0654. The summed E-state index contributed by atoms with van der Waals surface area (Å²) in [6.07, 6.45) is 9.10. The molecule has 4 atom stereocenters. The number of rotatable bonds is 1. The Bertz CT molecular complexity index is 275. The standard InChI is InChI=1S/C12H17BrO/c13-11(14)12-5-1-2-9(7-12)8-3-4-10(12)6-8/h8-10H,1-7H2. The SMILES string of the molecule is O=C(Br)C12CCCC(C1)C1CCC2C1. The van der Waals surface area contributed by atoms with E-state index >= 15 is 0 Å². The van der Waals surface area contributed by atoms with Crippen LogP contribution in [0.15, 0.2) is 0 Å². The van der Waals surface area contributed by atoms with Crippen LogP contribution in [0.5, 0.6) is 0 Å². The van der Waals surface area contributed by atoms with Crippen molar-refractivity contribution < 1.29 is 4.79 Å². The van der Waals surface area contributed by atoms with E-state index < -0.39 is 0 Å². The molecule has 3 saturated carbocycles. The molecule has 14 heavy (non-hydrogen) atoms. The Kier molecular flexibility index (Phi) is 2.06. The van der Waals surface area contributed by atoms with E-state index in [-0.39, 0.29) is 5.41 Å². The normalized spacial score (nSPS) is 50.5. The Hall–Kier alpha value is 0.150. The fourth-order valence-corrected chi connectivity index (χ4v) is 5.09. The summed E-state index contributed by atoms with van der Waals surface area (Å²) in [5, 5.41) is 0. The fraction of sp³-hybridized carbons (Fsp3) is 0.917. The van der Waals surface area contributed by atoms with Crippen LogP contribution >= 0.6 is 15.9 Å². The van der Waals surface area contributed by atoms with Gasteiger partial charge in [0.15, 0.2) is 0 Å². The fourth-order valence-electron chi connectivity index (χ4n) is 4.41. The van der Waals surface area contributed by atoms with Gasteiger partial charge in [-0.05, 0) is 65.8 Å². The van der Waals surface area contributed by atoms with Crippen molar-refractivity contribution >= 4 is 20.6 Å². The van der Waals surface area contributed by atoms with E-state index in [1.807, 2.05) is 0 Å². The maximum absolute atomic E-state index is 11.8. The molecule has 0 N–H and O–H groups in total. The average Bonchev–Trinajstić information content (AvgIpc) is 2.62. The lowest BCUT2D eigenvalue weighted by Gasteiger charge is -2.47. The Labute approximate surface area is 93.8 Å². The number of carbonyl (C=O) groups excluding carboxylic acids is 1. The highest BCUT2D eigenvalue weighted by Gasteiger charge is 2.55. The van der Waals surface area contributed by atoms with E-state index in [2.05, 4.69) is 15.9 Å². The molecule has 0 amide bonds. The molecule has 0 radical (unpaired) electrons. The zero-order valence-corrected chi connectivity index (χ0v) is 10.1. The van der Waals surface area contributed by atoms with Crippen molar-refractivity contribution in [2.24, 2.45) is 23.2 Å². The Morgan fingerprint density at radius 2 is 2.07 bits per heavy atom. The van der Waals surface area contributed by atoms with Crippen LogP contribution in [0.4, 0.5) is 0 Å². The van der Waals surface area contributed by atoms with E-state index in [0.29, 0.717) is 4.69 Å². The van der Waals surface area contributed by atoms with Gasteiger partial charge in [-0.3, -0.25) is 4.79 Å². The van der Waals surface area contributed by atoms with Crippen molar-refractivity contribution in [2.75, 3.05) is 0 Å². The van der Waals surface area contributed by atoms with Crippen LogP contribution in [0.1, 0.15) is 44.9 Å². The quantitative estimate of drug-likeness (QED) is 0.657. The summed E-state index contributed by atoms with van der Waals surface area (Å²) in [4.78, 5) is 11.8. The van der Waals surface area contributed by atoms with E-state index in [1.165, 1.54) is 38.5 Å². The predicted octanol–water partition coefficient (Wildman–Crippen LogP) is 3.51. The first-order valence-corrected chi connectivity index (χ1v) is 6.71. The van der Waals surface area contributed by atoms with Crippen LogP contribution in [0, 0.1) is 23.2 Å². The van der Waals surface area contributed by atoms with Gasteiger partial charge < -0.3 is 0 Å². The maximum Gasteiger partial charge on any atom is 0.204 e. The zero-order chi connectivity index (χ0) is 9.76. The van der Waals surface area contributed by atoms with Crippen LogP contribution in [0.25, 0.3) is 0 Å². The third kappa shape index (κ3) is 1.09. The van der Waals surface area contributed by atoms with E-state index in [0.717, 1.165) is 24.2 Å². The van der Waals surface area contributed by atoms with Crippen LogP contribution in [0.2, 0.25) is 0 Å². The molecule has 0 saturated heterocycles. The van der Waals surface area contributed by atoms with Gasteiger partial charge >= 0.3 is 0 Å². The second-order valence-corrected chi connectivity index (χ2v) is 6.28. The molecule has 3 aliphatic carbocycles. The first-order valence-electron chi connectivity index (χ1n) is 5.92. The molecule has 0 heterocycles. The number of hydrogen-bond donors (Lipinski definition) is 0. The van der Waals surface area contributed by atoms with Gasteiger partial charge in [0.05, 0.1) is 0 Å². The van der Waals surface area contributed by atoms with Crippen molar-refractivity contribution in [1.82, 2.24) is 0 Å². The lowest BCUT2D eigenvalue weighted by atomic mass is 9.57. The van der Waals surface area contributed by atoms with Crippen LogP contribution in [-0.4, -0.2) is 4.69 Å². The van der Waals surface area contributed by atoms with Gasteiger partial charge in [0.25, 0.3) is 0 Å². The number of carbonyl (C=O) groups is 1. The first-order chi connectivity index (χ1) is 6.72. The van der Waals surface area contributed by atoms with Crippen LogP contribution in [0.3, 0.4) is 0 Å². The second kappa shape index (κ2) is 3.07. The smallest absolute Gasteiger partial charge is 0.204 e. The number of fused-ring (bicyclic) bond motifs is 6. The monoisotopic (exact) mass is 256 g/mol. The Morgan fingerprint density at radius 3 is 2.86 bits per heavy atom. The minimum atomic E-state index is 0.0654. The van der Waals surface area contributed by atoms with Crippen molar-refractivity contribution in [1.29, 1.82) is 0 Å². The second-order valence-electron chi connectivity index (χ2n) is 5.56. The molecule has 0 spiro atoms. The highest BCUT2D eigenvalue weighted by atomic mass is 79.9. The van der Waals surface area contributed by atoms with E-state index in [4.69, 9.17) is 0 Å². The number of halogens is 1. The molecule has 0 aliphatic heterocycles. The molecule has 4 bridgehead atoms. The lowest BCUT2D eigenvalue weighted by Crippen LogP contribution is -2.44. The van der Waals surface area contributed by atoms with Crippen molar-refractivity contribution in [3.05, 3.63) is 0 Å². The minimum absolute atomic E-state index is 0.0654. The molecule has 0 aromatic rings. The average molecular weight is 257 g/mol. The molecular formula is C12H17BrO. The third-order valence-electron chi connectivity index (χ3n) is 5.14. The van der Waals surface area contributed by atoms with Gasteiger partial charge in [-0.1, -0.05) is 12.8 Å². The van der Waals surface area contributed by atoms with Gasteiger partial charge in [-0.2, -0.15) is 0 Å². The zero-order valence-electron chi connectivity index (χ0n) is 8.47. The summed E-state index contributed by atoms with van der Waals surface area (Å²) in [7, 11) is 0. The van der Waals surface area contributed by atoms with E-state index in [1.54, 1.807) is 0 Å². The molecule has 0 aromatic heterocycles. The molecule has 3 fully saturated rings. The summed E-state index contributed by atoms with van der Waals surface area (Å²) < 4.78 is 0.319. The molecule has 78 valence electrons. The minimum Gasteiger partial charge on any atom is -0.286 e. The summed E-state index contributed by atoms with van der Waals surface area (Å²) in [6.45, 7) is 0. The molecule has 1 nitrogen and oxygen atoms in total. The topological polar surface area (TPSA) is 17.1 Å². The third-order valence-corrected chi connectivity index (χ3v) is 5.93. The highest BCUT2D eigenvalue weighted by Crippen LogP contribution is 2.61. The highest BCUT2D eigenvalue weighted by molar-refractivity contribution is 9.18. The van der Waals surface area contributed by atoms with Crippen molar-refractivity contribution in [2.45, 2.75) is 44.9 Å².